The molecule has 0 spiro atoms. The molecule has 0 radical (unpaired) electrons. The van der Waals surface area contributed by atoms with Crippen molar-refractivity contribution < 1.29 is 19.4 Å². The molecule has 5 nitrogen and oxygen atoms in total. The highest BCUT2D eigenvalue weighted by molar-refractivity contribution is 5.70. The quantitative estimate of drug-likeness (QED) is 0.796. The Morgan fingerprint density at radius 3 is 2.29 bits per heavy atom. The topological polar surface area (TPSA) is 59.0 Å². The van der Waals surface area contributed by atoms with Crippen LogP contribution in [-0.4, -0.2) is 46.2 Å². The summed E-state index contributed by atoms with van der Waals surface area (Å²) in [5, 5.41) is 10.6. The summed E-state index contributed by atoms with van der Waals surface area (Å²) in [5.41, 5.74) is 0.512. The van der Waals surface area contributed by atoms with E-state index < -0.39 is 29.6 Å². The van der Waals surface area contributed by atoms with E-state index in [1.54, 1.807) is 0 Å². The summed E-state index contributed by atoms with van der Waals surface area (Å²) in [5.74, 6) is 0. The van der Waals surface area contributed by atoms with Crippen LogP contribution >= 0.6 is 0 Å². The molecule has 0 saturated carbocycles. The van der Waals surface area contributed by atoms with Gasteiger partial charge in [-0.05, 0) is 61.0 Å². The summed E-state index contributed by atoms with van der Waals surface area (Å²) in [4.78, 5) is 14.0. The number of ether oxygens (including phenoxy) is 2. The van der Waals surface area contributed by atoms with Gasteiger partial charge in [-0.15, -0.1) is 0 Å². The number of carbonyl (C=O) groups is 1. The summed E-state index contributed by atoms with van der Waals surface area (Å²) in [6.07, 6.45) is -1.22. The number of hydrogen-bond acceptors (Lipinski definition) is 4. The number of carbonyl (C=O) groups excluding carboxylic acids is 1. The van der Waals surface area contributed by atoms with Gasteiger partial charge in [-0.25, -0.2) is 4.79 Å². The fourth-order valence-corrected chi connectivity index (χ4v) is 2.32. The molecule has 0 aromatic heterocycles. The zero-order valence-electron chi connectivity index (χ0n) is 14.5. The van der Waals surface area contributed by atoms with Crippen LogP contribution in [0.5, 0.6) is 0 Å². The lowest BCUT2D eigenvalue weighted by Crippen LogP contribution is -2.53. The Hall–Kier alpha value is -1.07. The molecule has 1 aliphatic rings. The van der Waals surface area contributed by atoms with E-state index in [4.69, 9.17) is 9.47 Å². The molecule has 1 fully saturated rings. The second-order valence-corrected chi connectivity index (χ2v) is 7.30. The van der Waals surface area contributed by atoms with Crippen LogP contribution in [0.1, 0.15) is 55.4 Å². The molecule has 21 heavy (non-hydrogen) atoms. The number of amides is 1. The zero-order chi connectivity index (χ0) is 16.6. The molecule has 0 aliphatic carbocycles. The van der Waals surface area contributed by atoms with Crippen molar-refractivity contribution in [1.82, 2.24) is 4.90 Å². The molecule has 1 rings (SSSR count). The molecule has 0 aromatic rings. The van der Waals surface area contributed by atoms with E-state index >= 15 is 0 Å². The normalized spacial score (nSPS) is 22.9. The second-order valence-electron chi connectivity index (χ2n) is 7.30. The molecule has 5 heteroatoms. The summed E-state index contributed by atoms with van der Waals surface area (Å²) >= 11 is 0. The van der Waals surface area contributed by atoms with Crippen molar-refractivity contribution in [1.29, 1.82) is 0 Å². The molecule has 1 aliphatic heterocycles. The van der Waals surface area contributed by atoms with Crippen LogP contribution in [0.4, 0.5) is 4.79 Å². The fourth-order valence-electron chi connectivity index (χ4n) is 2.32. The third kappa shape index (κ3) is 4.20. The number of aliphatic hydroxyl groups excluding tert-OH is 1. The average molecular weight is 299 g/mol. The highest BCUT2D eigenvalue weighted by atomic mass is 16.6. The monoisotopic (exact) mass is 299 g/mol. The minimum atomic E-state index is -0.796. The third-order valence-electron chi connectivity index (χ3n) is 3.71. The molecule has 2 atom stereocenters. The molecule has 1 heterocycles. The second kappa shape index (κ2) is 5.97. The van der Waals surface area contributed by atoms with Crippen LogP contribution in [-0.2, 0) is 9.47 Å². The SMILES string of the molecule is CC(C)=C(C)[C@@H](O)[C@@H]1COC(C)(C)N1C(=O)OC(C)(C)C. The predicted molar refractivity (Wildman–Crippen MR) is 81.9 cm³/mol. The van der Waals surface area contributed by atoms with E-state index in [1.165, 1.54) is 4.90 Å². The van der Waals surface area contributed by atoms with Crippen LogP contribution in [0, 0.1) is 0 Å². The molecular formula is C16H29NO4. The molecule has 1 saturated heterocycles. The first-order chi connectivity index (χ1) is 9.37. The first-order valence-electron chi connectivity index (χ1n) is 7.35. The molecule has 0 aromatic carbocycles. The highest BCUT2D eigenvalue weighted by Crippen LogP contribution is 2.32. The number of aliphatic hydroxyl groups is 1. The van der Waals surface area contributed by atoms with Gasteiger partial charge in [0.25, 0.3) is 0 Å². The van der Waals surface area contributed by atoms with Crippen molar-refractivity contribution in [2.75, 3.05) is 6.61 Å². The van der Waals surface area contributed by atoms with Gasteiger partial charge in [-0.3, -0.25) is 4.90 Å². The Kier molecular flexibility index (Phi) is 5.11. The van der Waals surface area contributed by atoms with E-state index in [2.05, 4.69) is 0 Å². The maximum atomic E-state index is 12.5. The summed E-state index contributed by atoms with van der Waals surface area (Å²) in [6.45, 7) is 15.1. The van der Waals surface area contributed by atoms with Gasteiger partial charge in [0.2, 0.25) is 0 Å². The Morgan fingerprint density at radius 1 is 1.33 bits per heavy atom. The molecule has 122 valence electrons. The number of allylic oxidation sites excluding steroid dienone is 1. The van der Waals surface area contributed by atoms with Crippen LogP contribution in [0.25, 0.3) is 0 Å². The smallest absolute Gasteiger partial charge is 0.413 e. The largest absolute Gasteiger partial charge is 0.444 e. The Labute approximate surface area is 127 Å². The van der Waals surface area contributed by atoms with Gasteiger partial charge < -0.3 is 14.6 Å². The third-order valence-corrected chi connectivity index (χ3v) is 3.71. The van der Waals surface area contributed by atoms with E-state index in [0.717, 1.165) is 11.1 Å². The Bertz CT molecular complexity index is 430. The zero-order valence-corrected chi connectivity index (χ0v) is 14.5. The first-order valence-corrected chi connectivity index (χ1v) is 7.35. The maximum Gasteiger partial charge on any atom is 0.413 e. The van der Waals surface area contributed by atoms with Gasteiger partial charge >= 0.3 is 6.09 Å². The molecular weight excluding hydrogens is 270 g/mol. The van der Waals surface area contributed by atoms with Gasteiger partial charge in [0, 0.05) is 0 Å². The van der Waals surface area contributed by atoms with Crippen molar-refractivity contribution in [2.24, 2.45) is 0 Å². The van der Waals surface area contributed by atoms with Gasteiger partial charge in [0.15, 0.2) is 0 Å². The minimum absolute atomic E-state index is 0.290. The van der Waals surface area contributed by atoms with Crippen molar-refractivity contribution in [3.8, 4) is 0 Å². The molecule has 1 N–H and O–H groups in total. The van der Waals surface area contributed by atoms with Crippen LogP contribution < -0.4 is 0 Å². The van der Waals surface area contributed by atoms with Crippen molar-refractivity contribution in [3.63, 3.8) is 0 Å². The fraction of sp³-hybridized carbons (Fsp3) is 0.812. The lowest BCUT2D eigenvalue weighted by Gasteiger charge is -2.36. The average Bonchev–Trinajstić information content (AvgIpc) is 2.60. The van der Waals surface area contributed by atoms with E-state index in [1.807, 2.05) is 55.4 Å². The Morgan fingerprint density at radius 2 is 1.86 bits per heavy atom. The van der Waals surface area contributed by atoms with Crippen molar-refractivity contribution in [2.45, 2.75) is 78.9 Å². The highest BCUT2D eigenvalue weighted by Gasteiger charge is 2.48. The van der Waals surface area contributed by atoms with E-state index in [0.29, 0.717) is 0 Å². The van der Waals surface area contributed by atoms with E-state index in [-0.39, 0.29) is 6.61 Å². The van der Waals surface area contributed by atoms with Crippen molar-refractivity contribution in [3.05, 3.63) is 11.1 Å². The molecule has 0 bridgehead atoms. The first kappa shape index (κ1) is 18.0. The summed E-state index contributed by atoms with van der Waals surface area (Å²) < 4.78 is 11.2. The maximum absolute atomic E-state index is 12.5. The van der Waals surface area contributed by atoms with Crippen LogP contribution in [0.3, 0.4) is 0 Å². The van der Waals surface area contributed by atoms with Gasteiger partial charge in [-0.1, -0.05) is 5.57 Å². The summed E-state index contributed by atoms with van der Waals surface area (Å²) in [6, 6.07) is -0.440. The standard InChI is InChI=1S/C16H29NO4/c1-10(2)11(3)13(18)12-9-20-16(7,8)17(12)14(19)21-15(4,5)6/h12-13,18H,9H2,1-8H3/t12-,13+/m0/s1. The molecule has 0 unspecified atom stereocenters. The summed E-state index contributed by atoms with van der Waals surface area (Å²) in [7, 11) is 0. The van der Waals surface area contributed by atoms with Gasteiger partial charge in [-0.2, -0.15) is 0 Å². The van der Waals surface area contributed by atoms with Gasteiger partial charge in [0.1, 0.15) is 11.3 Å². The Balaban J connectivity index is 3.05. The lowest BCUT2D eigenvalue weighted by molar-refractivity contribution is -0.0664. The predicted octanol–water partition coefficient (Wildman–Crippen LogP) is 3.08. The number of nitrogens with zero attached hydrogens (tertiary/aromatic N) is 1. The van der Waals surface area contributed by atoms with Crippen LogP contribution in [0.15, 0.2) is 11.1 Å². The lowest BCUT2D eigenvalue weighted by atomic mass is 9.99. The number of rotatable bonds is 2. The molecule has 1 amide bonds. The van der Waals surface area contributed by atoms with Gasteiger partial charge in [0.05, 0.1) is 18.8 Å². The van der Waals surface area contributed by atoms with E-state index in [9.17, 15) is 9.90 Å². The number of hydrogen-bond donors (Lipinski definition) is 1. The van der Waals surface area contributed by atoms with Crippen LogP contribution in [0.2, 0.25) is 0 Å². The van der Waals surface area contributed by atoms with Crippen molar-refractivity contribution >= 4 is 6.09 Å². The minimum Gasteiger partial charge on any atom is -0.444 e.